The number of hydrogen-bond acceptors (Lipinski definition) is 4. The van der Waals surface area contributed by atoms with E-state index in [1.165, 1.54) is 19.1 Å². The van der Waals surface area contributed by atoms with Crippen molar-refractivity contribution in [2.75, 3.05) is 26.7 Å². The standard InChI is InChI=1S/C26H33ClFN3O3/c1-17-14-31(18(2)13-30(17)15-21-6-9-23(28)10-7-21)26(33)16-34-25-11-8-22(27)12-24(25)19(3)29(5)20(4)32/h6-12,17-19H,13-16H2,1-5H3. The van der Waals surface area contributed by atoms with Crippen molar-refractivity contribution in [3.05, 3.63) is 64.4 Å². The molecule has 0 radical (unpaired) electrons. The molecule has 0 spiro atoms. The van der Waals surface area contributed by atoms with Crippen LogP contribution in [0.1, 0.15) is 44.9 Å². The van der Waals surface area contributed by atoms with Crippen LogP contribution >= 0.6 is 11.6 Å². The van der Waals surface area contributed by atoms with Gasteiger partial charge in [-0.25, -0.2) is 4.39 Å². The monoisotopic (exact) mass is 489 g/mol. The van der Waals surface area contributed by atoms with E-state index in [9.17, 15) is 14.0 Å². The molecule has 2 amide bonds. The van der Waals surface area contributed by atoms with E-state index in [0.717, 1.165) is 17.7 Å². The largest absolute Gasteiger partial charge is 0.483 e. The number of halogens is 2. The molecule has 1 aliphatic rings. The average Bonchev–Trinajstić information content (AvgIpc) is 2.80. The summed E-state index contributed by atoms with van der Waals surface area (Å²) in [6, 6.07) is 11.7. The highest BCUT2D eigenvalue weighted by Crippen LogP contribution is 2.31. The van der Waals surface area contributed by atoms with Gasteiger partial charge in [0.05, 0.1) is 6.04 Å². The first-order chi connectivity index (χ1) is 16.1. The molecule has 2 aromatic rings. The number of amides is 2. The molecule has 0 N–H and O–H groups in total. The first kappa shape index (κ1) is 26.0. The summed E-state index contributed by atoms with van der Waals surface area (Å²) >= 11 is 6.19. The number of nitrogens with zero attached hydrogens (tertiary/aromatic N) is 3. The molecule has 0 saturated carbocycles. The summed E-state index contributed by atoms with van der Waals surface area (Å²) in [5.41, 5.74) is 1.80. The van der Waals surface area contributed by atoms with Crippen molar-refractivity contribution in [2.24, 2.45) is 0 Å². The van der Waals surface area contributed by atoms with Gasteiger partial charge in [-0.05, 0) is 56.7 Å². The highest BCUT2D eigenvalue weighted by atomic mass is 35.5. The number of ether oxygens (including phenoxy) is 1. The van der Waals surface area contributed by atoms with Gasteiger partial charge in [-0.2, -0.15) is 0 Å². The van der Waals surface area contributed by atoms with E-state index in [0.29, 0.717) is 23.9 Å². The summed E-state index contributed by atoms with van der Waals surface area (Å²) in [4.78, 5) is 30.7. The van der Waals surface area contributed by atoms with Crippen LogP contribution in [0.3, 0.4) is 0 Å². The third kappa shape index (κ3) is 6.27. The minimum Gasteiger partial charge on any atom is -0.483 e. The molecule has 1 fully saturated rings. The lowest BCUT2D eigenvalue weighted by Gasteiger charge is -2.44. The molecule has 0 bridgehead atoms. The van der Waals surface area contributed by atoms with E-state index in [2.05, 4.69) is 11.8 Å². The van der Waals surface area contributed by atoms with Gasteiger partial charge < -0.3 is 14.5 Å². The van der Waals surface area contributed by atoms with Crippen LogP contribution in [0.15, 0.2) is 42.5 Å². The Balaban J connectivity index is 1.63. The maximum absolute atomic E-state index is 13.2. The van der Waals surface area contributed by atoms with E-state index in [1.54, 1.807) is 42.3 Å². The Hall–Kier alpha value is -2.64. The Morgan fingerprint density at radius 1 is 1.15 bits per heavy atom. The molecule has 3 atom stereocenters. The van der Waals surface area contributed by atoms with E-state index in [4.69, 9.17) is 16.3 Å². The van der Waals surface area contributed by atoms with Gasteiger partial charge >= 0.3 is 0 Å². The van der Waals surface area contributed by atoms with Crippen molar-refractivity contribution in [3.8, 4) is 5.75 Å². The molecule has 1 heterocycles. The van der Waals surface area contributed by atoms with Crippen LogP contribution < -0.4 is 4.74 Å². The maximum atomic E-state index is 13.2. The second-order valence-corrected chi connectivity index (χ2v) is 9.51. The number of piperazine rings is 1. The highest BCUT2D eigenvalue weighted by Gasteiger charge is 2.32. The summed E-state index contributed by atoms with van der Waals surface area (Å²) in [6.07, 6.45) is 0. The van der Waals surface area contributed by atoms with Crippen LogP contribution in [0.2, 0.25) is 5.02 Å². The zero-order valence-electron chi connectivity index (χ0n) is 20.4. The summed E-state index contributed by atoms with van der Waals surface area (Å²) in [7, 11) is 1.72. The van der Waals surface area contributed by atoms with E-state index in [1.807, 2.05) is 18.7 Å². The fourth-order valence-corrected chi connectivity index (χ4v) is 4.45. The summed E-state index contributed by atoms with van der Waals surface area (Å²) in [5, 5.41) is 0.539. The fraction of sp³-hybridized carbons (Fsp3) is 0.462. The molecular formula is C26H33ClFN3O3. The molecule has 34 heavy (non-hydrogen) atoms. The van der Waals surface area contributed by atoms with Gasteiger partial charge in [0.2, 0.25) is 5.91 Å². The Morgan fingerprint density at radius 2 is 1.82 bits per heavy atom. The van der Waals surface area contributed by atoms with Crippen molar-refractivity contribution in [2.45, 2.75) is 52.4 Å². The fourth-order valence-electron chi connectivity index (χ4n) is 4.27. The van der Waals surface area contributed by atoms with Crippen molar-refractivity contribution < 1.29 is 18.7 Å². The average molecular weight is 490 g/mol. The predicted molar refractivity (Wildman–Crippen MR) is 131 cm³/mol. The maximum Gasteiger partial charge on any atom is 0.260 e. The lowest BCUT2D eigenvalue weighted by atomic mass is 10.1. The van der Waals surface area contributed by atoms with E-state index < -0.39 is 0 Å². The molecule has 1 saturated heterocycles. The Labute approximate surface area is 206 Å². The first-order valence-electron chi connectivity index (χ1n) is 11.5. The SMILES string of the molecule is CC(=O)N(C)C(C)c1cc(Cl)ccc1OCC(=O)N1CC(C)N(Cc2ccc(F)cc2)CC1C. The van der Waals surface area contributed by atoms with Crippen LogP contribution in [-0.2, 0) is 16.1 Å². The topological polar surface area (TPSA) is 53.1 Å². The zero-order valence-corrected chi connectivity index (χ0v) is 21.2. The third-order valence-corrected chi connectivity index (χ3v) is 6.82. The van der Waals surface area contributed by atoms with Crippen LogP contribution in [-0.4, -0.2) is 65.3 Å². The van der Waals surface area contributed by atoms with Gasteiger partial charge in [0.25, 0.3) is 5.91 Å². The number of benzene rings is 2. The molecule has 8 heteroatoms. The number of carbonyl (C=O) groups excluding carboxylic acids is 2. The number of hydrogen-bond donors (Lipinski definition) is 0. The highest BCUT2D eigenvalue weighted by molar-refractivity contribution is 6.30. The minimum absolute atomic E-state index is 0.0141. The number of carbonyl (C=O) groups is 2. The van der Waals surface area contributed by atoms with Gasteiger partial charge in [-0.15, -0.1) is 0 Å². The Kier molecular flexibility index (Phi) is 8.55. The smallest absolute Gasteiger partial charge is 0.260 e. The van der Waals surface area contributed by atoms with Gasteiger partial charge in [0.15, 0.2) is 6.61 Å². The van der Waals surface area contributed by atoms with Crippen LogP contribution in [0.25, 0.3) is 0 Å². The molecule has 6 nitrogen and oxygen atoms in total. The molecule has 1 aliphatic heterocycles. The molecule has 184 valence electrons. The first-order valence-corrected chi connectivity index (χ1v) is 11.9. The van der Waals surface area contributed by atoms with Crippen LogP contribution in [0.5, 0.6) is 5.75 Å². The van der Waals surface area contributed by atoms with E-state index >= 15 is 0 Å². The summed E-state index contributed by atoms with van der Waals surface area (Å²) in [6.45, 7) is 9.43. The van der Waals surface area contributed by atoms with E-state index in [-0.39, 0.29) is 42.4 Å². The molecule has 0 aromatic heterocycles. The second-order valence-electron chi connectivity index (χ2n) is 9.08. The minimum atomic E-state index is -0.254. The Morgan fingerprint density at radius 3 is 2.47 bits per heavy atom. The quantitative estimate of drug-likeness (QED) is 0.574. The Bertz CT molecular complexity index is 1020. The third-order valence-electron chi connectivity index (χ3n) is 6.59. The van der Waals surface area contributed by atoms with Gasteiger partial charge in [-0.1, -0.05) is 23.7 Å². The molecule has 2 aromatic carbocycles. The summed E-state index contributed by atoms with van der Waals surface area (Å²) in [5.74, 6) is 0.130. The number of rotatable bonds is 7. The lowest BCUT2D eigenvalue weighted by molar-refractivity contribution is -0.139. The van der Waals surface area contributed by atoms with Gasteiger partial charge in [-0.3, -0.25) is 14.5 Å². The predicted octanol–water partition coefficient (Wildman–Crippen LogP) is 4.52. The normalized spacial score (nSPS) is 19.6. The van der Waals surface area contributed by atoms with Crippen molar-refractivity contribution in [3.63, 3.8) is 0 Å². The van der Waals surface area contributed by atoms with Crippen molar-refractivity contribution >= 4 is 23.4 Å². The molecule has 0 aliphatic carbocycles. The van der Waals surface area contributed by atoms with Crippen LogP contribution in [0, 0.1) is 5.82 Å². The molecule has 3 rings (SSSR count). The molecular weight excluding hydrogens is 457 g/mol. The van der Waals surface area contributed by atoms with Gasteiger partial charge in [0.1, 0.15) is 11.6 Å². The summed E-state index contributed by atoms with van der Waals surface area (Å²) < 4.78 is 19.1. The van der Waals surface area contributed by atoms with Gasteiger partial charge in [0, 0.05) is 56.3 Å². The second kappa shape index (κ2) is 11.2. The van der Waals surface area contributed by atoms with Crippen LogP contribution in [0.4, 0.5) is 4.39 Å². The molecule has 3 unspecified atom stereocenters. The zero-order chi connectivity index (χ0) is 25.0. The van der Waals surface area contributed by atoms with Crippen molar-refractivity contribution in [1.29, 1.82) is 0 Å². The lowest BCUT2D eigenvalue weighted by Crippen LogP contribution is -2.58. The van der Waals surface area contributed by atoms with Crippen molar-refractivity contribution in [1.82, 2.24) is 14.7 Å².